The van der Waals surface area contributed by atoms with Gasteiger partial charge in [-0.2, -0.15) is 0 Å². The number of carbonyl (C=O) groups excluding carboxylic acids is 1. The summed E-state index contributed by atoms with van der Waals surface area (Å²) in [7, 11) is 0. The number of ether oxygens (including phenoxy) is 2. The quantitative estimate of drug-likeness (QED) is 0.170. The van der Waals surface area contributed by atoms with Crippen molar-refractivity contribution in [2.45, 2.75) is 70.4 Å². The third-order valence-electron chi connectivity index (χ3n) is 10.1. The molecule has 0 spiro atoms. The van der Waals surface area contributed by atoms with Crippen molar-refractivity contribution in [3.05, 3.63) is 102 Å². The van der Waals surface area contributed by atoms with E-state index in [2.05, 4.69) is 86.6 Å². The van der Waals surface area contributed by atoms with Crippen LogP contribution < -0.4 is 10.1 Å². The summed E-state index contributed by atoms with van der Waals surface area (Å²) < 4.78 is 14.9. The van der Waals surface area contributed by atoms with Crippen LogP contribution in [0.15, 0.2) is 85.2 Å². The van der Waals surface area contributed by atoms with Crippen LogP contribution in [0.2, 0.25) is 0 Å². The molecule has 10 nitrogen and oxygen atoms in total. The number of carbonyl (C=O) groups is 1. The van der Waals surface area contributed by atoms with Gasteiger partial charge < -0.3 is 29.3 Å². The molecule has 9 rings (SSSR count). The van der Waals surface area contributed by atoms with Crippen LogP contribution in [-0.2, 0) is 4.74 Å². The fourth-order valence-corrected chi connectivity index (χ4v) is 7.69. The summed E-state index contributed by atoms with van der Waals surface area (Å²) in [6.45, 7) is 7.37. The van der Waals surface area contributed by atoms with Gasteiger partial charge in [0.1, 0.15) is 23.0 Å². The zero-order chi connectivity index (χ0) is 34.0. The molecule has 3 aliphatic heterocycles. The molecule has 3 aromatic carbocycles. The fraction of sp³-hybridized carbons (Fsp3) is 0.325. The van der Waals surface area contributed by atoms with Crippen molar-refractivity contribution >= 4 is 17.0 Å². The second-order valence-electron chi connectivity index (χ2n) is 14.6. The summed E-state index contributed by atoms with van der Waals surface area (Å²) >= 11 is 0. The third-order valence-corrected chi connectivity index (χ3v) is 10.1. The van der Waals surface area contributed by atoms with Crippen molar-refractivity contribution in [3.8, 4) is 39.5 Å². The Kier molecular flexibility index (Phi) is 7.31. The first-order valence-electron chi connectivity index (χ1n) is 17.6. The molecule has 3 N–H and O–H groups in total. The fourth-order valence-electron chi connectivity index (χ4n) is 7.69. The van der Waals surface area contributed by atoms with Crippen molar-refractivity contribution in [2.24, 2.45) is 0 Å². The summed E-state index contributed by atoms with van der Waals surface area (Å²) in [4.78, 5) is 31.3. The average Bonchev–Trinajstić information content (AvgIpc) is 3.96. The normalized spacial score (nSPS) is 20.1. The van der Waals surface area contributed by atoms with E-state index in [0.717, 1.165) is 93.4 Å². The molecule has 2 fully saturated rings. The number of fused-ring (bicyclic) bond motifs is 5. The highest BCUT2D eigenvalue weighted by molar-refractivity contribution is 5.92. The zero-order valence-electron chi connectivity index (χ0n) is 28.6. The molecule has 1 amide bonds. The number of amides is 1. The highest BCUT2D eigenvalue weighted by atomic mass is 16.6. The molecule has 3 atom stereocenters. The lowest BCUT2D eigenvalue weighted by Crippen LogP contribution is -2.36. The van der Waals surface area contributed by atoms with Crippen LogP contribution in [0.25, 0.3) is 44.7 Å². The van der Waals surface area contributed by atoms with Gasteiger partial charge >= 0.3 is 6.09 Å². The second-order valence-corrected chi connectivity index (χ2v) is 14.6. The van der Waals surface area contributed by atoms with E-state index < -0.39 is 5.60 Å². The SMILES string of the molecule is CC(C)(C)OC(=O)N1CCC[C@H]1c1ncc(-c2ccc3c(c2)O[C@@H](c2ccccc2)n2c-3cc3cc(-c4cnc([C@@H]5CCCN5)[nH]4)ccc32)[nH]1. The van der Waals surface area contributed by atoms with Crippen molar-refractivity contribution in [2.75, 3.05) is 13.1 Å². The molecule has 6 aromatic rings. The molecule has 254 valence electrons. The van der Waals surface area contributed by atoms with Crippen molar-refractivity contribution in [1.29, 1.82) is 0 Å². The van der Waals surface area contributed by atoms with Gasteiger partial charge in [-0.25, -0.2) is 14.8 Å². The van der Waals surface area contributed by atoms with E-state index >= 15 is 0 Å². The number of benzene rings is 3. The average molecular weight is 668 g/mol. The third kappa shape index (κ3) is 5.44. The number of aromatic amines is 2. The number of likely N-dealkylation sites (tertiary alicyclic amines) is 1. The summed E-state index contributed by atoms with van der Waals surface area (Å²) in [5.41, 5.74) is 7.72. The highest BCUT2D eigenvalue weighted by Gasteiger charge is 2.35. The maximum absolute atomic E-state index is 13.0. The number of nitrogens with one attached hydrogen (secondary N) is 3. The predicted octanol–water partition coefficient (Wildman–Crippen LogP) is 8.52. The molecule has 0 aliphatic carbocycles. The van der Waals surface area contributed by atoms with Gasteiger partial charge in [-0.15, -0.1) is 0 Å². The Labute approximate surface area is 290 Å². The van der Waals surface area contributed by atoms with Gasteiger partial charge in [-0.1, -0.05) is 42.5 Å². The first kappa shape index (κ1) is 30.7. The molecule has 50 heavy (non-hydrogen) atoms. The molecular formula is C40H41N7O3. The van der Waals surface area contributed by atoms with Crippen LogP contribution in [0.3, 0.4) is 0 Å². The molecule has 0 bridgehead atoms. The van der Waals surface area contributed by atoms with Gasteiger partial charge in [0.2, 0.25) is 6.23 Å². The Balaban J connectivity index is 1.06. The van der Waals surface area contributed by atoms with Gasteiger partial charge in [0, 0.05) is 34.2 Å². The van der Waals surface area contributed by atoms with E-state index in [1.807, 2.05) is 39.2 Å². The number of imidazole rings is 2. The van der Waals surface area contributed by atoms with Gasteiger partial charge in [0.25, 0.3) is 0 Å². The van der Waals surface area contributed by atoms with E-state index in [4.69, 9.17) is 19.4 Å². The molecule has 3 aromatic heterocycles. The number of aromatic nitrogens is 5. The van der Waals surface area contributed by atoms with Crippen LogP contribution in [0.1, 0.15) is 82.0 Å². The predicted molar refractivity (Wildman–Crippen MR) is 193 cm³/mol. The maximum Gasteiger partial charge on any atom is 0.410 e. The zero-order valence-corrected chi connectivity index (χ0v) is 28.6. The summed E-state index contributed by atoms with van der Waals surface area (Å²) in [5, 5.41) is 4.67. The molecule has 0 saturated carbocycles. The molecule has 6 heterocycles. The van der Waals surface area contributed by atoms with E-state index in [1.54, 1.807) is 4.90 Å². The number of nitrogens with zero attached hydrogens (tertiary/aromatic N) is 4. The summed E-state index contributed by atoms with van der Waals surface area (Å²) in [6, 6.07) is 25.7. The maximum atomic E-state index is 13.0. The molecule has 10 heteroatoms. The Bertz CT molecular complexity index is 2200. The van der Waals surface area contributed by atoms with Gasteiger partial charge in [-0.3, -0.25) is 4.90 Å². The monoisotopic (exact) mass is 667 g/mol. The Hall–Kier alpha value is -5.35. The topological polar surface area (TPSA) is 113 Å². The standard InChI is InChI=1S/C40H41N7O3/c1-40(2,3)50-39(48)46-18-8-12-33(46)37-43-23-31(45-37)26-13-15-28-34-20-27-19-25(30-22-42-36(44-30)29-11-7-17-41-29)14-16-32(27)47(34)38(49-35(28)21-26)24-9-5-4-6-10-24/h4-6,9-10,13-16,19-23,29,33,38,41H,7-8,11-12,17-18H2,1-3H3,(H,42,44)(H,43,45)/t29-,33-,38-/m0/s1. The largest absolute Gasteiger partial charge is 0.465 e. The Morgan fingerprint density at radius 3 is 2.42 bits per heavy atom. The van der Waals surface area contributed by atoms with E-state index in [-0.39, 0.29) is 18.4 Å². The summed E-state index contributed by atoms with van der Waals surface area (Å²) in [6.07, 6.45) is 7.18. The van der Waals surface area contributed by atoms with Crippen molar-refractivity contribution < 1.29 is 14.3 Å². The minimum absolute atomic E-state index is 0.150. The van der Waals surface area contributed by atoms with Crippen LogP contribution >= 0.6 is 0 Å². The molecule has 3 aliphatic rings. The molecule has 0 radical (unpaired) electrons. The summed E-state index contributed by atoms with van der Waals surface area (Å²) in [5.74, 6) is 2.58. The number of hydrogen-bond donors (Lipinski definition) is 3. The molecular weight excluding hydrogens is 626 g/mol. The lowest BCUT2D eigenvalue weighted by molar-refractivity contribution is 0.0218. The number of H-pyrrole nitrogens is 2. The van der Waals surface area contributed by atoms with Crippen LogP contribution in [0.5, 0.6) is 5.75 Å². The minimum atomic E-state index is -0.552. The van der Waals surface area contributed by atoms with E-state index in [9.17, 15) is 4.79 Å². The lowest BCUT2D eigenvalue weighted by Gasteiger charge is -2.30. The number of rotatable bonds is 5. The van der Waals surface area contributed by atoms with Crippen LogP contribution in [0.4, 0.5) is 4.79 Å². The first-order chi connectivity index (χ1) is 24.3. The number of hydrogen-bond acceptors (Lipinski definition) is 6. The van der Waals surface area contributed by atoms with Crippen LogP contribution in [-0.4, -0.2) is 54.2 Å². The molecule has 0 unspecified atom stereocenters. The first-order valence-corrected chi connectivity index (χ1v) is 17.6. The highest BCUT2D eigenvalue weighted by Crippen LogP contribution is 2.46. The van der Waals surface area contributed by atoms with Gasteiger partial charge in [0.15, 0.2) is 0 Å². The Morgan fingerprint density at radius 1 is 0.880 bits per heavy atom. The van der Waals surface area contributed by atoms with E-state index in [0.29, 0.717) is 12.6 Å². The van der Waals surface area contributed by atoms with Gasteiger partial charge in [0.05, 0.1) is 47.1 Å². The Morgan fingerprint density at radius 2 is 1.64 bits per heavy atom. The smallest absolute Gasteiger partial charge is 0.410 e. The van der Waals surface area contributed by atoms with Crippen molar-refractivity contribution in [3.63, 3.8) is 0 Å². The molecule has 2 saturated heterocycles. The second kappa shape index (κ2) is 11.9. The minimum Gasteiger partial charge on any atom is -0.465 e. The van der Waals surface area contributed by atoms with Crippen LogP contribution in [0, 0.1) is 0 Å². The van der Waals surface area contributed by atoms with Crippen molar-refractivity contribution in [1.82, 2.24) is 34.7 Å². The lowest BCUT2D eigenvalue weighted by atomic mass is 10.0. The van der Waals surface area contributed by atoms with Gasteiger partial charge in [-0.05, 0) is 83.3 Å². The van der Waals surface area contributed by atoms with E-state index in [1.165, 1.54) is 6.42 Å².